The van der Waals surface area contributed by atoms with Crippen LogP contribution in [0.15, 0.2) is 36.4 Å². The molecule has 0 saturated heterocycles. The second kappa shape index (κ2) is 7.83. The third-order valence-electron chi connectivity index (χ3n) is 3.99. The molecule has 1 atom stereocenters. The van der Waals surface area contributed by atoms with Gasteiger partial charge in [0, 0.05) is 12.1 Å². The molecule has 134 valence electrons. The third kappa shape index (κ3) is 5.43. The van der Waals surface area contributed by atoms with Crippen molar-refractivity contribution < 1.29 is 13.9 Å². The van der Waals surface area contributed by atoms with Crippen LogP contribution in [0.25, 0.3) is 0 Å². The summed E-state index contributed by atoms with van der Waals surface area (Å²) in [5, 5.41) is 2.98. The van der Waals surface area contributed by atoms with Crippen LogP contribution in [-0.2, 0) is 6.61 Å². The molecule has 0 aliphatic rings. The van der Waals surface area contributed by atoms with Crippen LogP contribution >= 0.6 is 11.6 Å². The lowest BCUT2D eigenvalue weighted by atomic mass is 9.88. The fraction of sp³-hybridized carbons (Fsp3) is 0.368. The molecule has 0 fully saturated rings. The summed E-state index contributed by atoms with van der Waals surface area (Å²) in [5.74, 6) is -0.335. The Morgan fingerprint density at radius 2 is 2.04 bits per heavy atom. The lowest BCUT2D eigenvalue weighted by Gasteiger charge is -2.28. The van der Waals surface area contributed by atoms with Gasteiger partial charge in [0.25, 0.3) is 5.91 Å². The Kier molecular flexibility index (Phi) is 6.01. The first-order valence-electron chi connectivity index (χ1n) is 8.01. The Hall–Kier alpha value is -2.14. The van der Waals surface area contributed by atoms with Crippen molar-refractivity contribution >= 4 is 17.5 Å². The van der Waals surface area contributed by atoms with E-state index in [-0.39, 0.29) is 46.4 Å². The number of amides is 1. The average Bonchev–Trinajstić information content (AvgIpc) is 2.52. The Morgan fingerprint density at radius 3 is 2.64 bits per heavy atom. The van der Waals surface area contributed by atoms with Gasteiger partial charge < -0.3 is 10.1 Å². The lowest BCUT2D eigenvalue weighted by molar-refractivity contribution is 0.0910. The summed E-state index contributed by atoms with van der Waals surface area (Å²) < 4.78 is 18.7. The zero-order valence-electron chi connectivity index (χ0n) is 14.8. The first-order chi connectivity index (χ1) is 11.7. The van der Waals surface area contributed by atoms with Gasteiger partial charge in [-0.15, -0.1) is 0 Å². The highest BCUT2D eigenvalue weighted by Crippen LogP contribution is 2.22. The van der Waals surface area contributed by atoms with E-state index < -0.39 is 0 Å². The van der Waals surface area contributed by atoms with Crippen LogP contribution in [-0.4, -0.2) is 16.9 Å². The fourth-order valence-corrected chi connectivity index (χ4v) is 2.17. The average molecular weight is 365 g/mol. The molecule has 6 heteroatoms. The Morgan fingerprint density at radius 1 is 1.32 bits per heavy atom. The van der Waals surface area contributed by atoms with Crippen LogP contribution in [0.2, 0.25) is 5.15 Å². The highest BCUT2D eigenvalue weighted by atomic mass is 35.5. The van der Waals surface area contributed by atoms with Crippen molar-refractivity contribution in [3.63, 3.8) is 0 Å². The topological polar surface area (TPSA) is 51.2 Å². The zero-order valence-corrected chi connectivity index (χ0v) is 15.5. The molecule has 0 spiro atoms. The Balaban J connectivity index is 2.03. The van der Waals surface area contributed by atoms with Gasteiger partial charge in [-0.2, -0.15) is 0 Å². The standard InChI is InChI=1S/C19H22ClFN2O2/c1-12(19(2,3)4)22-18(24)15-8-9-16(23-17(15)20)25-11-13-6-5-7-14(21)10-13/h5-10,12H,11H2,1-4H3,(H,22,24). The Labute approximate surface area is 152 Å². The second-order valence-corrected chi connectivity index (χ2v) is 7.33. The van der Waals surface area contributed by atoms with E-state index in [1.54, 1.807) is 24.3 Å². The number of carbonyl (C=O) groups excluding carboxylic acids is 1. The number of benzene rings is 1. The summed E-state index contributed by atoms with van der Waals surface area (Å²) in [6.07, 6.45) is 0. The smallest absolute Gasteiger partial charge is 0.254 e. The molecular weight excluding hydrogens is 343 g/mol. The maximum Gasteiger partial charge on any atom is 0.254 e. The molecule has 1 N–H and O–H groups in total. The summed E-state index contributed by atoms with van der Waals surface area (Å²) in [7, 11) is 0. The van der Waals surface area contributed by atoms with Gasteiger partial charge in [0.05, 0.1) is 5.56 Å². The van der Waals surface area contributed by atoms with Gasteiger partial charge in [-0.1, -0.05) is 44.5 Å². The molecule has 0 bridgehead atoms. The van der Waals surface area contributed by atoms with Gasteiger partial charge in [-0.05, 0) is 36.1 Å². The second-order valence-electron chi connectivity index (χ2n) is 6.97. The van der Waals surface area contributed by atoms with Crippen molar-refractivity contribution in [2.24, 2.45) is 5.41 Å². The number of nitrogens with one attached hydrogen (secondary N) is 1. The molecule has 4 nitrogen and oxygen atoms in total. The number of pyridine rings is 1. The van der Waals surface area contributed by atoms with Gasteiger partial charge >= 0.3 is 0 Å². The molecule has 0 aliphatic carbocycles. The van der Waals surface area contributed by atoms with Crippen LogP contribution < -0.4 is 10.1 Å². The van der Waals surface area contributed by atoms with Crippen molar-refractivity contribution in [2.75, 3.05) is 0 Å². The number of aromatic nitrogens is 1. The van der Waals surface area contributed by atoms with Gasteiger partial charge in [0.15, 0.2) is 0 Å². The van der Waals surface area contributed by atoms with Crippen molar-refractivity contribution in [3.8, 4) is 5.88 Å². The van der Waals surface area contributed by atoms with Crippen molar-refractivity contribution in [3.05, 3.63) is 58.5 Å². The van der Waals surface area contributed by atoms with E-state index >= 15 is 0 Å². The van der Waals surface area contributed by atoms with Crippen molar-refractivity contribution in [2.45, 2.75) is 40.3 Å². The van der Waals surface area contributed by atoms with E-state index in [0.717, 1.165) is 0 Å². The number of hydrogen-bond donors (Lipinski definition) is 1. The molecular formula is C19H22ClFN2O2. The number of hydrogen-bond acceptors (Lipinski definition) is 3. The predicted molar refractivity (Wildman–Crippen MR) is 96.4 cm³/mol. The number of ether oxygens (including phenoxy) is 1. The van der Waals surface area contributed by atoms with Crippen LogP contribution in [0, 0.1) is 11.2 Å². The molecule has 1 aromatic carbocycles. The van der Waals surface area contributed by atoms with Crippen LogP contribution in [0.5, 0.6) is 5.88 Å². The maximum atomic E-state index is 13.2. The highest BCUT2D eigenvalue weighted by Gasteiger charge is 2.23. The van der Waals surface area contributed by atoms with Crippen LogP contribution in [0.3, 0.4) is 0 Å². The third-order valence-corrected chi connectivity index (χ3v) is 4.28. The summed E-state index contributed by atoms with van der Waals surface area (Å²) in [5.41, 5.74) is 0.901. The molecule has 0 radical (unpaired) electrons. The number of halogens is 2. The van der Waals surface area contributed by atoms with Crippen LogP contribution in [0.1, 0.15) is 43.6 Å². The SMILES string of the molecule is CC(NC(=O)c1ccc(OCc2cccc(F)c2)nc1Cl)C(C)(C)C. The molecule has 25 heavy (non-hydrogen) atoms. The van der Waals surface area contributed by atoms with Gasteiger partial charge in [0.1, 0.15) is 17.6 Å². The molecule has 1 amide bonds. The van der Waals surface area contributed by atoms with E-state index in [1.807, 2.05) is 27.7 Å². The van der Waals surface area contributed by atoms with Gasteiger partial charge in [0.2, 0.25) is 5.88 Å². The maximum absolute atomic E-state index is 13.2. The molecule has 1 heterocycles. The molecule has 0 aliphatic heterocycles. The van der Waals surface area contributed by atoms with E-state index in [9.17, 15) is 9.18 Å². The van der Waals surface area contributed by atoms with E-state index in [4.69, 9.17) is 16.3 Å². The first kappa shape index (κ1) is 19.2. The van der Waals surface area contributed by atoms with Crippen molar-refractivity contribution in [1.82, 2.24) is 10.3 Å². The quantitative estimate of drug-likeness (QED) is 0.788. The monoisotopic (exact) mass is 364 g/mol. The molecule has 2 rings (SSSR count). The normalized spacial score (nSPS) is 12.6. The Bertz CT molecular complexity index is 759. The minimum Gasteiger partial charge on any atom is -0.473 e. The minimum atomic E-state index is -0.327. The largest absolute Gasteiger partial charge is 0.473 e. The van der Waals surface area contributed by atoms with E-state index in [1.165, 1.54) is 12.1 Å². The molecule has 2 aromatic rings. The summed E-state index contributed by atoms with van der Waals surface area (Å²) in [6, 6.07) is 9.23. The molecule has 0 saturated carbocycles. The minimum absolute atomic E-state index is 0.0278. The lowest BCUT2D eigenvalue weighted by Crippen LogP contribution is -2.41. The summed E-state index contributed by atoms with van der Waals surface area (Å²) in [6.45, 7) is 8.23. The zero-order chi connectivity index (χ0) is 18.6. The highest BCUT2D eigenvalue weighted by molar-refractivity contribution is 6.32. The first-order valence-corrected chi connectivity index (χ1v) is 8.39. The number of rotatable bonds is 5. The number of nitrogens with zero attached hydrogens (tertiary/aromatic N) is 1. The fourth-order valence-electron chi connectivity index (χ4n) is 1.94. The summed E-state index contributed by atoms with van der Waals surface area (Å²) >= 11 is 6.12. The van der Waals surface area contributed by atoms with E-state index in [0.29, 0.717) is 5.56 Å². The van der Waals surface area contributed by atoms with Gasteiger partial charge in [-0.25, -0.2) is 9.37 Å². The van der Waals surface area contributed by atoms with E-state index in [2.05, 4.69) is 10.3 Å². The van der Waals surface area contributed by atoms with Crippen LogP contribution in [0.4, 0.5) is 4.39 Å². The molecule has 1 aromatic heterocycles. The number of carbonyl (C=O) groups is 1. The van der Waals surface area contributed by atoms with Gasteiger partial charge in [-0.3, -0.25) is 4.79 Å². The molecule has 1 unspecified atom stereocenters. The predicted octanol–water partition coefficient (Wildman–Crippen LogP) is 4.62. The summed E-state index contributed by atoms with van der Waals surface area (Å²) in [4.78, 5) is 16.4. The van der Waals surface area contributed by atoms with Crippen molar-refractivity contribution in [1.29, 1.82) is 0 Å².